The molecule has 0 aliphatic rings. The second-order valence-electron chi connectivity index (χ2n) is 4.51. The van der Waals surface area contributed by atoms with Gasteiger partial charge in [0.25, 0.3) is 0 Å². The van der Waals surface area contributed by atoms with Gasteiger partial charge in [0.05, 0.1) is 12.8 Å². The van der Waals surface area contributed by atoms with Gasteiger partial charge in [-0.3, -0.25) is 4.79 Å². The summed E-state index contributed by atoms with van der Waals surface area (Å²) in [6, 6.07) is 7.61. The number of pyridine rings is 1. The van der Waals surface area contributed by atoms with Crippen molar-refractivity contribution in [2.75, 3.05) is 7.11 Å². The summed E-state index contributed by atoms with van der Waals surface area (Å²) in [5, 5.41) is 0. The Labute approximate surface area is 118 Å². The number of aromatic nitrogens is 1. The van der Waals surface area contributed by atoms with E-state index in [1.807, 2.05) is 42.8 Å². The van der Waals surface area contributed by atoms with Gasteiger partial charge in [0.2, 0.25) is 0 Å². The minimum Gasteiger partial charge on any atom is -0.495 e. The maximum Gasteiger partial charge on any atom is 0.185 e. The van der Waals surface area contributed by atoms with Gasteiger partial charge in [0.15, 0.2) is 5.43 Å². The number of methoxy groups -OCH3 is 1. The van der Waals surface area contributed by atoms with Gasteiger partial charge in [-0.2, -0.15) is 12.6 Å². The third-order valence-electron chi connectivity index (χ3n) is 3.09. The molecular weight excluding hydrogens is 258 g/mol. The zero-order valence-electron chi connectivity index (χ0n) is 11.3. The molecule has 0 radical (unpaired) electrons. The van der Waals surface area contributed by atoms with Crippen LogP contribution < -0.4 is 10.2 Å². The highest BCUT2D eigenvalue weighted by Gasteiger charge is 2.09. The molecule has 2 aromatic rings. The molecule has 0 N–H and O–H groups in total. The molecule has 3 nitrogen and oxygen atoms in total. The van der Waals surface area contributed by atoms with Crippen LogP contribution in [-0.2, 0) is 5.75 Å². The Morgan fingerprint density at radius 1 is 1.26 bits per heavy atom. The molecular formula is C15H17NO2S. The SMILES string of the molecule is COc1ccc(C)cc1-n1cc(CS)c(=O)cc1C. The summed E-state index contributed by atoms with van der Waals surface area (Å²) >= 11 is 4.20. The summed E-state index contributed by atoms with van der Waals surface area (Å²) < 4.78 is 7.37. The van der Waals surface area contributed by atoms with Gasteiger partial charge >= 0.3 is 0 Å². The van der Waals surface area contributed by atoms with Crippen LogP contribution in [0.25, 0.3) is 5.69 Å². The predicted molar refractivity (Wildman–Crippen MR) is 80.8 cm³/mol. The second-order valence-corrected chi connectivity index (χ2v) is 4.82. The van der Waals surface area contributed by atoms with E-state index < -0.39 is 0 Å². The van der Waals surface area contributed by atoms with Gasteiger partial charge in [0, 0.05) is 29.3 Å². The minimum absolute atomic E-state index is 0.0235. The standard InChI is InChI=1S/C15H17NO2S/c1-10-4-5-15(18-3)13(6-10)16-8-12(9-19)14(17)7-11(16)2/h4-8,19H,9H2,1-3H3. The van der Waals surface area contributed by atoms with E-state index in [2.05, 4.69) is 12.6 Å². The normalized spacial score (nSPS) is 10.5. The number of hydrogen-bond acceptors (Lipinski definition) is 3. The van der Waals surface area contributed by atoms with E-state index in [1.54, 1.807) is 13.2 Å². The fraction of sp³-hybridized carbons (Fsp3) is 0.267. The van der Waals surface area contributed by atoms with Crippen LogP contribution in [-0.4, -0.2) is 11.7 Å². The molecule has 19 heavy (non-hydrogen) atoms. The summed E-state index contributed by atoms with van der Waals surface area (Å²) in [5.74, 6) is 1.20. The molecule has 4 heteroatoms. The molecule has 0 spiro atoms. The van der Waals surface area contributed by atoms with Crippen LogP contribution in [0.4, 0.5) is 0 Å². The maximum atomic E-state index is 11.8. The van der Waals surface area contributed by atoms with Crippen molar-refractivity contribution in [3.05, 3.63) is 57.5 Å². The van der Waals surface area contributed by atoms with Crippen LogP contribution in [0.5, 0.6) is 5.75 Å². The number of thiol groups is 1. The first-order valence-corrected chi connectivity index (χ1v) is 6.68. The second kappa shape index (κ2) is 5.53. The quantitative estimate of drug-likeness (QED) is 0.873. The summed E-state index contributed by atoms with van der Waals surface area (Å²) in [7, 11) is 1.64. The smallest absolute Gasteiger partial charge is 0.185 e. The van der Waals surface area contributed by atoms with E-state index in [0.29, 0.717) is 11.3 Å². The van der Waals surface area contributed by atoms with Crippen LogP contribution in [0.1, 0.15) is 16.8 Å². The number of nitrogens with zero attached hydrogens (tertiary/aromatic N) is 1. The van der Waals surface area contributed by atoms with Crippen molar-refractivity contribution >= 4 is 12.6 Å². The Kier molecular flexibility index (Phi) is 4.00. The first kappa shape index (κ1) is 13.7. The molecule has 1 heterocycles. The Bertz CT molecular complexity index is 662. The van der Waals surface area contributed by atoms with E-state index in [4.69, 9.17) is 4.74 Å². The summed E-state index contributed by atoms with van der Waals surface area (Å²) in [4.78, 5) is 11.8. The average Bonchev–Trinajstić information content (AvgIpc) is 2.39. The Morgan fingerprint density at radius 2 is 2.00 bits per heavy atom. The van der Waals surface area contributed by atoms with Crippen LogP contribution in [0, 0.1) is 13.8 Å². The third-order valence-corrected chi connectivity index (χ3v) is 3.43. The zero-order valence-corrected chi connectivity index (χ0v) is 12.2. The molecule has 0 saturated heterocycles. The first-order chi connectivity index (χ1) is 9.06. The van der Waals surface area contributed by atoms with Gasteiger partial charge in [-0.05, 0) is 31.5 Å². The molecule has 0 unspecified atom stereocenters. The molecule has 0 aliphatic carbocycles. The molecule has 0 atom stereocenters. The van der Waals surface area contributed by atoms with Crippen LogP contribution in [0.3, 0.4) is 0 Å². The van der Waals surface area contributed by atoms with Crippen LogP contribution in [0.2, 0.25) is 0 Å². The molecule has 0 fully saturated rings. The van der Waals surface area contributed by atoms with Crippen molar-refractivity contribution in [1.82, 2.24) is 4.57 Å². The van der Waals surface area contributed by atoms with Crippen molar-refractivity contribution in [3.63, 3.8) is 0 Å². The predicted octanol–water partition coefficient (Wildman–Crippen LogP) is 2.89. The fourth-order valence-corrected chi connectivity index (χ4v) is 2.28. The van der Waals surface area contributed by atoms with Crippen LogP contribution in [0.15, 0.2) is 35.3 Å². The number of aryl methyl sites for hydroxylation is 2. The highest BCUT2D eigenvalue weighted by Crippen LogP contribution is 2.25. The van der Waals surface area contributed by atoms with Crippen LogP contribution >= 0.6 is 12.6 Å². The van der Waals surface area contributed by atoms with E-state index in [9.17, 15) is 4.79 Å². The first-order valence-electron chi connectivity index (χ1n) is 6.05. The van der Waals surface area contributed by atoms with Gasteiger partial charge in [0.1, 0.15) is 5.75 Å². The van der Waals surface area contributed by atoms with E-state index in [-0.39, 0.29) is 5.43 Å². The lowest BCUT2D eigenvalue weighted by Gasteiger charge is -2.16. The van der Waals surface area contributed by atoms with Gasteiger partial charge < -0.3 is 9.30 Å². The van der Waals surface area contributed by atoms with Gasteiger partial charge in [-0.1, -0.05) is 6.07 Å². The average molecular weight is 275 g/mol. The molecule has 0 saturated carbocycles. The van der Waals surface area contributed by atoms with E-state index in [0.717, 1.165) is 22.7 Å². The van der Waals surface area contributed by atoms with E-state index >= 15 is 0 Å². The molecule has 100 valence electrons. The molecule has 0 aliphatic heterocycles. The maximum absolute atomic E-state index is 11.8. The lowest BCUT2D eigenvalue weighted by molar-refractivity contribution is 0.412. The Balaban J connectivity index is 2.71. The number of hydrogen-bond donors (Lipinski definition) is 1. The third kappa shape index (κ3) is 2.68. The van der Waals surface area contributed by atoms with Crippen molar-refractivity contribution in [1.29, 1.82) is 0 Å². The highest BCUT2D eigenvalue weighted by atomic mass is 32.1. The van der Waals surface area contributed by atoms with Crippen molar-refractivity contribution in [3.8, 4) is 11.4 Å². The van der Waals surface area contributed by atoms with Gasteiger partial charge in [-0.25, -0.2) is 0 Å². The molecule has 1 aromatic carbocycles. The molecule has 0 amide bonds. The summed E-state index contributed by atoms with van der Waals surface area (Å²) in [5.41, 5.74) is 3.65. The molecule has 0 bridgehead atoms. The number of rotatable bonds is 3. The van der Waals surface area contributed by atoms with Crippen molar-refractivity contribution < 1.29 is 4.74 Å². The van der Waals surface area contributed by atoms with Crippen molar-refractivity contribution in [2.24, 2.45) is 0 Å². The largest absolute Gasteiger partial charge is 0.495 e. The lowest BCUT2D eigenvalue weighted by atomic mass is 10.1. The topological polar surface area (TPSA) is 31.2 Å². The number of ether oxygens (including phenoxy) is 1. The summed E-state index contributed by atoms with van der Waals surface area (Å²) in [6.07, 6.45) is 1.84. The fourth-order valence-electron chi connectivity index (χ4n) is 2.04. The van der Waals surface area contributed by atoms with Gasteiger partial charge in [-0.15, -0.1) is 0 Å². The minimum atomic E-state index is 0.0235. The number of benzene rings is 1. The monoisotopic (exact) mass is 275 g/mol. The van der Waals surface area contributed by atoms with Crippen molar-refractivity contribution in [2.45, 2.75) is 19.6 Å². The highest BCUT2D eigenvalue weighted by molar-refractivity contribution is 7.79. The Hall–Kier alpha value is -1.68. The molecule has 2 rings (SSSR count). The Morgan fingerprint density at radius 3 is 2.63 bits per heavy atom. The lowest BCUT2D eigenvalue weighted by Crippen LogP contribution is -2.13. The zero-order chi connectivity index (χ0) is 14.0. The summed E-state index contributed by atoms with van der Waals surface area (Å²) in [6.45, 7) is 3.94. The molecule has 1 aromatic heterocycles. The van der Waals surface area contributed by atoms with E-state index in [1.165, 1.54) is 0 Å².